The van der Waals surface area contributed by atoms with E-state index < -0.39 is 0 Å². The van der Waals surface area contributed by atoms with Crippen LogP contribution in [0.3, 0.4) is 0 Å². The number of ether oxygens (including phenoxy) is 1. The molecule has 0 bridgehead atoms. The fraction of sp³-hybridized carbons (Fsp3) is 0.167. The fourth-order valence-corrected chi connectivity index (χ4v) is 3.74. The summed E-state index contributed by atoms with van der Waals surface area (Å²) in [6, 6.07) is 14.8. The smallest absolute Gasteiger partial charge is 0.252 e. The minimum Gasteiger partial charge on any atom is -0.471 e. The van der Waals surface area contributed by atoms with E-state index in [1.807, 2.05) is 44.2 Å². The van der Waals surface area contributed by atoms with Crippen molar-refractivity contribution in [3.05, 3.63) is 82.8 Å². The topological polar surface area (TPSA) is 90.1 Å². The highest BCUT2D eigenvalue weighted by Crippen LogP contribution is 2.34. The van der Waals surface area contributed by atoms with Crippen molar-refractivity contribution >= 4 is 29.3 Å². The van der Waals surface area contributed by atoms with Gasteiger partial charge in [0.25, 0.3) is 5.91 Å². The van der Waals surface area contributed by atoms with Gasteiger partial charge in [-0.15, -0.1) is 0 Å². The first kappa shape index (κ1) is 22.8. The first-order valence-corrected chi connectivity index (χ1v) is 11.4. The van der Waals surface area contributed by atoms with Gasteiger partial charge in [0.15, 0.2) is 5.09 Å². The zero-order chi connectivity index (χ0) is 23.2. The SMILES string of the molecule is CCNC(=O)c1ccc(OCc2nc(-c3ccc(C)cc3)oc2Sc2ccc(Cl)cn2)nc1. The summed E-state index contributed by atoms with van der Waals surface area (Å²) in [6.07, 6.45) is 3.06. The first-order valence-electron chi connectivity index (χ1n) is 10.2. The van der Waals surface area contributed by atoms with E-state index in [2.05, 4.69) is 20.3 Å². The number of oxazole rings is 1. The molecule has 168 valence electrons. The van der Waals surface area contributed by atoms with Gasteiger partial charge in [0.05, 0.1) is 10.6 Å². The van der Waals surface area contributed by atoms with Crippen LogP contribution in [0.4, 0.5) is 0 Å². The van der Waals surface area contributed by atoms with E-state index in [1.54, 1.807) is 24.4 Å². The maximum atomic E-state index is 11.9. The highest BCUT2D eigenvalue weighted by Gasteiger charge is 2.18. The molecule has 0 fully saturated rings. The van der Waals surface area contributed by atoms with Gasteiger partial charge in [0, 0.05) is 30.6 Å². The molecule has 0 saturated heterocycles. The molecule has 1 N–H and O–H groups in total. The van der Waals surface area contributed by atoms with E-state index in [4.69, 9.17) is 20.8 Å². The van der Waals surface area contributed by atoms with Gasteiger partial charge in [-0.1, -0.05) is 29.3 Å². The average molecular weight is 481 g/mol. The molecule has 0 atom stereocenters. The van der Waals surface area contributed by atoms with E-state index in [9.17, 15) is 4.79 Å². The third-order valence-corrected chi connectivity index (χ3v) is 5.73. The Labute approximate surface area is 200 Å². The van der Waals surface area contributed by atoms with Crippen LogP contribution in [0.2, 0.25) is 5.02 Å². The van der Waals surface area contributed by atoms with E-state index >= 15 is 0 Å². The van der Waals surface area contributed by atoms with Crippen molar-refractivity contribution in [2.24, 2.45) is 0 Å². The fourth-order valence-electron chi connectivity index (χ4n) is 2.85. The minimum atomic E-state index is -0.176. The van der Waals surface area contributed by atoms with Crippen molar-refractivity contribution in [1.82, 2.24) is 20.3 Å². The summed E-state index contributed by atoms with van der Waals surface area (Å²) in [5.41, 5.74) is 3.09. The Bertz CT molecular complexity index is 1230. The molecule has 4 aromatic rings. The highest BCUT2D eigenvalue weighted by molar-refractivity contribution is 7.99. The Morgan fingerprint density at radius 1 is 1.09 bits per heavy atom. The first-order chi connectivity index (χ1) is 16.0. The molecular formula is C24H21ClN4O3S. The van der Waals surface area contributed by atoms with Gasteiger partial charge in [-0.3, -0.25) is 4.79 Å². The molecule has 0 aliphatic rings. The second-order valence-corrected chi connectivity index (χ2v) is 8.50. The number of aryl methyl sites for hydroxylation is 1. The molecule has 0 unspecified atom stereocenters. The largest absolute Gasteiger partial charge is 0.471 e. The van der Waals surface area contributed by atoms with Gasteiger partial charge in [0.1, 0.15) is 17.3 Å². The lowest BCUT2D eigenvalue weighted by molar-refractivity contribution is 0.0955. The van der Waals surface area contributed by atoms with E-state index in [0.717, 1.165) is 16.2 Å². The number of carbonyl (C=O) groups excluding carboxylic acids is 1. The van der Waals surface area contributed by atoms with Crippen molar-refractivity contribution in [2.45, 2.75) is 30.6 Å². The number of rotatable bonds is 8. The minimum absolute atomic E-state index is 0.138. The number of pyridine rings is 2. The third kappa shape index (κ3) is 5.91. The predicted molar refractivity (Wildman–Crippen MR) is 127 cm³/mol. The van der Waals surface area contributed by atoms with Crippen LogP contribution in [0.25, 0.3) is 11.5 Å². The Morgan fingerprint density at radius 3 is 2.58 bits per heavy atom. The lowest BCUT2D eigenvalue weighted by Gasteiger charge is -2.06. The second-order valence-electron chi connectivity index (χ2n) is 7.07. The van der Waals surface area contributed by atoms with Gasteiger partial charge in [-0.05, 0) is 55.9 Å². The van der Waals surface area contributed by atoms with Crippen LogP contribution in [0, 0.1) is 6.92 Å². The summed E-state index contributed by atoms with van der Waals surface area (Å²) >= 11 is 7.29. The summed E-state index contributed by atoms with van der Waals surface area (Å²) in [6.45, 7) is 4.57. The third-order valence-electron chi connectivity index (χ3n) is 4.55. The molecule has 33 heavy (non-hydrogen) atoms. The van der Waals surface area contributed by atoms with Gasteiger partial charge in [-0.25, -0.2) is 15.0 Å². The molecule has 1 amide bonds. The Hall–Kier alpha value is -3.36. The normalized spacial score (nSPS) is 10.8. The quantitative estimate of drug-likeness (QED) is 0.352. The van der Waals surface area contributed by atoms with Crippen molar-refractivity contribution in [3.8, 4) is 17.3 Å². The number of amides is 1. The maximum Gasteiger partial charge on any atom is 0.252 e. The molecule has 3 aromatic heterocycles. The van der Waals surface area contributed by atoms with Gasteiger partial charge >= 0.3 is 0 Å². The van der Waals surface area contributed by atoms with Gasteiger partial charge in [-0.2, -0.15) is 0 Å². The summed E-state index contributed by atoms with van der Waals surface area (Å²) in [5, 5.41) is 4.58. The van der Waals surface area contributed by atoms with Crippen LogP contribution in [0.1, 0.15) is 28.5 Å². The molecule has 9 heteroatoms. The number of nitrogens with one attached hydrogen (secondary N) is 1. The number of benzene rings is 1. The van der Waals surface area contributed by atoms with Gasteiger partial charge < -0.3 is 14.5 Å². The Kier molecular flexibility index (Phi) is 7.26. The van der Waals surface area contributed by atoms with E-state index in [-0.39, 0.29) is 12.5 Å². The number of carbonyl (C=O) groups is 1. The number of hydrogen-bond donors (Lipinski definition) is 1. The Balaban J connectivity index is 1.55. The van der Waals surface area contributed by atoms with Crippen LogP contribution >= 0.6 is 23.4 Å². The summed E-state index contributed by atoms with van der Waals surface area (Å²) in [5.74, 6) is 0.693. The molecule has 0 aliphatic carbocycles. The molecule has 4 rings (SSSR count). The van der Waals surface area contributed by atoms with Crippen molar-refractivity contribution in [2.75, 3.05) is 6.54 Å². The summed E-state index contributed by atoms with van der Waals surface area (Å²) in [7, 11) is 0. The van der Waals surface area contributed by atoms with E-state index in [1.165, 1.54) is 18.0 Å². The molecule has 0 radical (unpaired) electrons. The standard InChI is InChI=1S/C24H21ClN4O3S/c1-3-26-22(30)17-8-10-20(27-12-17)31-14-19-24(33-21-11-9-18(25)13-28-21)32-23(29-19)16-6-4-15(2)5-7-16/h4-13H,3,14H2,1-2H3,(H,26,30). The van der Waals surface area contributed by atoms with Gasteiger partial charge in [0.2, 0.25) is 11.8 Å². The summed E-state index contributed by atoms with van der Waals surface area (Å²) in [4.78, 5) is 25.1. The second kappa shape index (κ2) is 10.5. The number of halogens is 1. The predicted octanol–water partition coefficient (Wildman–Crippen LogP) is 5.57. The number of aromatic nitrogens is 3. The molecule has 3 heterocycles. The van der Waals surface area contributed by atoms with Crippen molar-refractivity contribution in [1.29, 1.82) is 0 Å². The molecule has 0 saturated carbocycles. The average Bonchev–Trinajstić information content (AvgIpc) is 3.22. The van der Waals surface area contributed by atoms with Crippen LogP contribution in [-0.4, -0.2) is 27.4 Å². The summed E-state index contributed by atoms with van der Waals surface area (Å²) < 4.78 is 11.9. The number of nitrogens with zero attached hydrogens (tertiary/aromatic N) is 3. The molecule has 0 spiro atoms. The van der Waals surface area contributed by atoms with E-state index in [0.29, 0.717) is 39.7 Å². The van der Waals surface area contributed by atoms with Crippen LogP contribution in [-0.2, 0) is 6.61 Å². The van der Waals surface area contributed by atoms with Crippen LogP contribution in [0.15, 0.2) is 75.5 Å². The lowest BCUT2D eigenvalue weighted by Crippen LogP contribution is -2.22. The monoisotopic (exact) mass is 480 g/mol. The van der Waals surface area contributed by atoms with Crippen LogP contribution < -0.4 is 10.1 Å². The highest BCUT2D eigenvalue weighted by atomic mass is 35.5. The number of hydrogen-bond acceptors (Lipinski definition) is 7. The van der Waals surface area contributed by atoms with Crippen LogP contribution in [0.5, 0.6) is 5.88 Å². The molecule has 1 aromatic carbocycles. The van der Waals surface area contributed by atoms with Crippen molar-refractivity contribution < 1.29 is 13.9 Å². The molecular weight excluding hydrogens is 460 g/mol. The maximum absolute atomic E-state index is 11.9. The zero-order valence-electron chi connectivity index (χ0n) is 18.0. The molecule has 0 aliphatic heterocycles. The Morgan fingerprint density at radius 2 is 1.91 bits per heavy atom. The zero-order valence-corrected chi connectivity index (χ0v) is 19.6. The van der Waals surface area contributed by atoms with Crippen molar-refractivity contribution in [3.63, 3.8) is 0 Å². The molecule has 7 nitrogen and oxygen atoms in total. The lowest BCUT2D eigenvalue weighted by atomic mass is 10.1.